The maximum absolute atomic E-state index is 5.44. The van der Waals surface area contributed by atoms with Crippen LogP contribution in [0.3, 0.4) is 0 Å². The van der Waals surface area contributed by atoms with Crippen molar-refractivity contribution in [3.05, 3.63) is 11.8 Å². The van der Waals surface area contributed by atoms with Crippen molar-refractivity contribution in [3.8, 4) is 0 Å². The zero-order chi connectivity index (χ0) is 8.20. The molecule has 0 aromatic carbocycles. The molecule has 0 heterocycles. The van der Waals surface area contributed by atoms with Crippen LogP contribution in [0.5, 0.6) is 0 Å². The van der Waals surface area contributed by atoms with Gasteiger partial charge in [-0.2, -0.15) is 0 Å². The summed E-state index contributed by atoms with van der Waals surface area (Å²) in [7, 11) is 7.33. The summed E-state index contributed by atoms with van der Waals surface area (Å²) in [5.41, 5.74) is 1.24. The van der Waals surface area contributed by atoms with Crippen LogP contribution in [0.1, 0.15) is 20.8 Å². The standard InChI is InChI=1S/C8H15BN/c1-7(5-10-4)8(2,3)6-9/h5-6,10H,1-4H3/b7-5-. The second-order valence-corrected chi connectivity index (χ2v) is 3.00. The Labute approximate surface area is 64.6 Å². The molecule has 0 amide bonds. The molecule has 0 aliphatic rings. The monoisotopic (exact) mass is 136 g/mol. The molecule has 0 atom stereocenters. The van der Waals surface area contributed by atoms with E-state index in [1.807, 2.05) is 13.2 Å². The number of allylic oxidation sites excluding steroid dienone is 1. The minimum atomic E-state index is 0.00299. The van der Waals surface area contributed by atoms with Gasteiger partial charge in [-0.1, -0.05) is 0 Å². The third-order valence-corrected chi connectivity index (χ3v) is 1.79. The van der Waals surface area contributed by atoms with Crippen molar-refractivity contribution in [1.82, 2.24) is 5.32 Å². The Kier molecular flexibility index (Phi) is 3.41. The van der Waals surface area contributed by atoms with Crippen LogP contribution in [0.2, 0.25) is 0 Å². The molecule has 0 spiro atoms. The van der Waals surface area contributed by atoms with E-state index in [0.717, 1.165) is 0 Å². The molecule has 0 unspecified atom stereocenters. The summed E-state index contributed by atoms with van der Waals surface area (Å²) in [4.78, 5) is 0. The quantitative estimate of drug-likeness (QED) is 0.573. The molecule has 0 aromatic rings. The van der Waals surface area contributed by atoms with Gasteiger partial charge >= 0.3 is 63.8 Å². The topological polar surface area (TPSA) is 12.0 Å². The van der Waals surface area contributed by atoms with Crippen LogP contribution < -0.4 is 5.32 Å². The summed E-state index contributed by atoms with van der Waals surface area (Å²) in [6.07, 6.45) is 1.96. The van der Waals surface area contributed by atoms with E-state index >= 15 is 0 Å². The van der Waals surface area contributed by atoms with Gasteiger partial charge in [0.1, 0.15) is 0 Å². The van der Waals surface area contributed by atoms with Crippen LogP contribution in [0.15, 0.2) is 11.8 Å². The number of hydrogen-bond donors (Lipinski definition) is 1. The predicted molar refractivity (Wildman–Crippen MR) is 48.4 cm³/mol. The van der Waals surface area contributed by atoms with Crippen molar-refractivity contribution in [2.45, 2.75) is 20.8 Å². The maximum atomic E-state index is 5.44. The molecule has 0 aromatic heterocycles. The van der Waals surface area contributed by atoms with Gasteiger partial charge in [-0.05, 0) is 0 Å². The number of nitrogens with one attached hydrogen (secondary N) is 1. The van der Waals surface area contributed by atoms with Gasteiger partial charge in [-0.25, -0.2) is 0 Å². The molecular formula is C8H15BN. The molecule has 55 valence electrons. The molecule has 0 bridgehead atoms. The molecular weight excluding hydrogens is 121 g/mol. The molecule has 1 N–H and O–H groups in total. The molecule has 1 radical (unpaired) electrons. The van der Waals surface area contributed by atoms with Gasteiger partial charge in [0.05, 0.1) is 0 Å². The summed E-state index contributed by atoms with van der Waals surface area (Å²) in [6, 6.07) is 0. The van der Waals surface area contributed by atoms with Gasteiger partial charge in [0.2, 0.25) is 0 Å². The normalized spacial score (nSPS) is 12.9. The fourth-order valence-electron chi connectivity index (χ4n) is 0.534. The minimum absolute atomic E-state index is 0.00299. The third kappa shape index (κ3) is 2.38. The van der Waals surface area contributed by atoms with Crippen molar-refractivity contribution in [2.24, 2.45) is 5.41 Å². The van der Waals surface area contributed by atoms with Crippen LogP contribution in [0.25, 0.3) is 0 Å². The summed E-state index contributed by atoms with van der Waals surface area (Å²) in [5, 5.41) is 2.97. The van der Waals surface area contributed by atoms with E-state index in [2.05, 4.69) is 26.1 Å². The van der Waals surface area contributed by atoms with Gasteiger partial charge in [-0.15, -0.1) is 0 Å². The SMILES string of the molecule is [B]=CC(C)(C)/C(C)=C\NC. The van der Waals surface area contributed by atoms with Crippen LogP contribution in [0.4, 0.5) is 0 Å². The average Bonchev–Trinajstić information content (AvgIpc) is 1.89. The number of hydrogen-bond acceptors (Lipinski definition) is 1. The van der Waals surface area contributed by atoms with Gasteiger partial charge in [0, 0.05) is 0 Å². The molecule has 0 aliphatic heterocycles. The summed E-state index contributed by atoms with van der Waals surface area (Å²) >= 11 is 0. The Morgan fingerprint density at radius 3 is 2.30 bits per heavy atom. The first-order valence-corrected chi connectivity index (χ1v) is 3.45. The van der Waals surface area contributed by atoms with E-state index in [9.17, 15) is 0 Å². The van der Waals surface area contributed by atoms with Crippen molar-refractivity contribution in [2.75, 3.05) is 7.05 Å². The third-order valence-electron chi connectivity index (χ3n) is 1.79. The van der Waals surface area contributed by atoms with Gasteiger partial charge in [0.25, 0.3) is 0 Å². The van der Waals surface area contributed by atoms with Crippen LogP contribution in [-0.4, -0.2) is 20.5 Å². The fraction of sp³-hybridized carbons (Fsp3) is 0.625. The average molecular weight is 136 g/mol. The van der Waals surface area contributed by atoms with Crippen molar-refractivity contribution in [1.29, 1.82) is 0 Å². The Morgan fingerprint density at radius 1 is 1.50 bits per heavy atom. The predicted octanol–water partition coefficient (Wildman–Crippen LogP) is 1.11. The van der Waals surface area contributed by atoms with E-state index in [1.54, 1.807) is 5.97 Å². The fourth-order valence-corrected chi connectivity index (χ4v) is 0.534. The van der Waals surface area contributed by atoms with Gasteiger partial charge < -0.3 is 0 Å². The van der Waals surface area contributed by atoms with Crippen molar-refractivity contribution >= 4 is 13.5 Å². The van der Waals surface area contributed by atoms with Gasteiger partial charge in [-0.3, -0.25) is 0 Å². The Bertz CT molecular complexity index is 147. The second-order valence-electron chi connectivity index (χ2n) is 3.00. The Hall–Kier alpha value is -0.525. The molecule has 2 heteroatoms. The summed E-state index contributed by atoms with van der Waals surface area (Å²) in [5.74, 6) is 1.70. The van der Waals surface area contributed by atoms with E-state index in [-0.39, 0.29) is 5.41 Å². The Morgan fingerprint density at radius 2 is 2.00 bits per heavy atom. The second kappa shape index (κ2) is 3.60. The first kappa shape index (κ1) is 9.47. The zero-order valence-corrected chi connectivity index (χ0v) is 7.23. The van der Waals surface area contributed by atoms with Crippen molar-refractivity contribution < 1.29 is 0 Å². The molecule has 0 aliphatic carbocycles. The van der Waals surface area contributed by atoms with Crippen LogP contribution in [-0.2, 0) is 0 Å². The van der Waals surface area contributed by atoms with Crippen LogP contribution in [0, 0.1) is 5.41 Å². The van der Waals surface area contributed by atoms with E-state index in [4.69, 9.17) is 7.49 Å². The molecule has 0 rings (SSSR count). The van der Waals surface area contributed by atoms with Crippen LogP contribution >= 0.6 is 0 Å². The number of rotatable bonds is 3. The van der Waals surface area contributed by atoms with E-state index in [0.29, 0.717) is 0 Å². The van der Waals surface area contributed by atoms with E-state index in [1.165, 1.54) is 5.57 Å². The molecule has 10 heavy (non-hydrogen) atoms. The van der Waals surface area contributed by atoms with Crippen molar-refractivity contribution in [3.63, 3.8) is 0 Å². The molecule has 1 nitrogen and oxygen atoms in total. The van der Waals surface area contributed by atoms with Gasteiger partial charge in [0.15, 0.2) is 0 Å². The molecule has 0 saturated carbocycles. The zero-order valence-electron chi connectivity index (χ0n) is 7.23. The first-order chi connectivity index (χ1) is 4.54. The molecule has 0 fully saturated rings. The summed E-state index contributed by atoms with van der Waals surface area (Å²) in [6.45, 7) is 6.21. The summed E-state index contributed by atoms with van der Waals surface area (Å²) < 4.78 is 0. The molecule has 0 saturated heterocycles. The Balaban J connectivity index is 4.31. The first-order valence-electron chi connectivity index (χ1n) is 3.45. The van der Waals surface area contributed by atoms with E-state index < -0.39 is 0 Å².